The second-order valence-electron chi connectivity index (χ2n) is 8.70. The molecular formula is C22H34N4O3. The summed E-state index contributed by atoms with van der Waals surface area (Å²) in [6.45, 7) is 8.62. The van der Waals surface area contributed by atoms with Crippen LogP contribution < -0.4 is 15.4 Å². The van der Waals surface area contributed by atoms with Gasteiger partial charge in [0, 0.05) is 39.1 Å². The van der Waals surface area contributed by atoms with Crippen LogP contribution in [0, 0.1) is 0 Å². The van der Waals surface area contributed by atoms with E-state index in [-0.39, 0.29) is 12.1 Å². The number of hydrogen-bond acceptors (Lipinski definition) is 4. The van der Waals surface area contributed by atoms with Gasteiger partial charge in [0.05, 0.1) is 6.61 Å². The number of amides is 1. The Kier molecular flexibility index (Phi) is 6.87. The van der Waals surface area contributed by atoms with Gasteiger partial charge < -0.3 is 25.0 Å². The lowest BCUT2D eigenvalue weighted by atomic mass is 10.1. The number of aliphatic imine (C=N–C) groups is 1. The lowest BCUT2D eigenvalue weighted by Gasteiger charge is -2.35. The smallest absolute Gasteiger partial charge is 0.410 e. The van der Waals surface area contributed by atoms with E-state index in [9.17, 15) is 4.79 Å². The molecule has 3 rings (SSSR count). The molecule has 1 fully saturated rings. The fraction of sp³-hybridized carbons (Fsp3) is 0.636. The van der Waals surface area contributed by atoms with Crippen molar-refractivity contribution < 1.29 is 14.3 Å². The van der Waals surface area contributed by atoms with Crippen molar-refractivity contribution in [3.8, 4) is 5.75 Å². The van der Waals surface area contributed by atoms with E-state index in [4.69, 9.17) is 9.47 Å². The summed E-state index contributed by atoms with van der Waals surface area (Å²) in [7, 11) is 1.77. The van der Waals surface area contributed by atoms with Crippen molar-refractivity contribution in [3.63, 3.8) is 0 Å². The SMILES string of the molecule is CN=C(NCCc1ccc2c(c1)CCO2)NC1CCCN(C(=O)OC(C)(C)C)C1. The lowest BCUT2D eigenvalue weighted by Crippen LogP contribution is -2.53. The van der Waals surface area contributed by atoms with E-state index in [0.29, 0.717) is 6.54 Å². The summed E-state index contributed by atoms with van der Waals surface area (Å²) >= 11 is 0. The van der Waals surface area contributed by atoms with Gasteiger partial charge in [-0.2, -0.15) is 0 Å². The summed E-state index contributed by atoms with van der Waals surface area (Å²) in [5.41, 5.74) is 2.12. The minimum atomic E-state index is -0.473. The zero-order valence-electron chi connectivity index (χ0n) is 18.1. The maximum atomic E-state index is 12.3. The van der Waals surface area contributed by atoms with E-state index >= 15 is 0 Å². The first-order valence-electron chi connectivity index (χ1n) is 10.5. The van der Waals surface area contributed by atoms with Crippen LogP contribution in [0.25, 0.3) is 0 Å². The van der Waals surface area contributed by atoms with Gasteiger partial charge in [-0.05, 0) is 57.2 Å². The van der Waals surface area contributed by atoms with Crippen LogP contribution in [0.5, 0.6) is 5.75 Å². The maximum absolute atomic E-state index is 12.3. The van der Waals surface area contributed by atoms with E-state index in [1.807, 2.05) is 20.8 Å². The second kappa shape index (κ2) is 9.37. The van der Waals surface area contributed by atoms with Crippen molar-refractivity contribution in [2.75, 3.05) is 33.3 Å². The standard InChI is InChI=1S/C22H34N4O3/c1-22(2,3)29-21(27)26-12-5-6-18(15-26)25-20(23-4)24-11-9-16-7-8-19-17(14-16)10-13-28-19/h7-8,14,18H,5-6,9-13,15H2,1-4H3,(H2,23,24,25). The van der Waals surface area contributed by atoms with E-state index < -0.39 is 5.60 Å². The Morgan fingerprint density at radius 1 is 1.38 bits per heavy atom. The highest BCUT2D eigenvalue weighted by atomic mass is 16.6. The zero-order valence-corrected chi connectivity index (χ0v) is 18.1. The number of ether oxygens (including phenoxy) is 2. The number of likely N-dealkylation sites (tertiary alicyclic amines) is 1. The highest BCUT2D eigenvalue weighted by Gasteiger charge is 2.28. The number of guanidine groups is 1. The average molecular weight is 403 g/mol. The second-order valence-corrected chi connectivity index (χ2v) is 8.70. The highest BCUT2D eigenvalue weighted by molar-refractivity contribution is 5.80. The molecule has 0 radical (unpaired) electrons. The van der Waals surface area contributed by atoms with Gasteiger partial charge in [0.2, 0.25) is 0 Å². The zero-order chi connectivity index (χ0) is 20.9. The molecule has 1 amide bonds. The van der Waals surface area contributed by atoms with Crippen molar-refractivity contribution in [1.82, 2.24) is 15.5 Å². The minimum Gasteiger partial charge on any atom is -0.493 e. The lowest BCUT2D eigenvalue weighted by molar-refractivity contribution is 0.0193. The topological polar surface area (TPSA) is 75.2 Å². The molecule has 1 atom stereocenters. The van der Waals surface area contributed by atoms with Gasteiger partial charge in [0.25, 0.3) is 0 Å². The van der Waals surface area contributed by atoms with E-state index in [2.05, 4.69) is 33.8 Å². The number of rotatable bonds is 4. The first-order valence-corrected chi connectivity index (χ1v) is 10.5. The number of piperidine rings is 1. The summed E-state index contributed by atoms with van der Waals surface area (Å²) in [6.07, 6.45) is 3.63. The monoisotopic (exact) mass is 402 g/mol. The van der Waals surface area contributed by atoms with Gasteiger partial charge in [0.1, 0.15) is 11.4 Å². The molecule has 2 aliphatic heterocycles. The normalized spacial score (nSPS) is 19.4. The van der Waals surface area contributed by atoms with Crippen molar-refractivity contribution in [3.05, 3.63) is 29.3 Å². The van der Waals surface area contributed by atoms with Crippen molar-refractivity contribution >= 4 is 12.1 Å². The molecule has 1 aromatic carbocycles. The molecule has 0 aromatic heterocycles. The quantitative estimate of drug-likeness (QED) is 0.598. The average Bonchev–Trinajstić information content (AvgIpc) is 3.14. The first kappa shape index (κ1) is 21.3. The Hall–Kier alpha value is -2.44. The third-order valence-electron chi connectivity index (χ3n) is 5.10. The maximum Gasteiger partial charge on any atom is 0.410 e. The van der Waals surface area contributed by atoms with Gasteiger partial charge >= 0.3 is 6.09 Å². The third kappa shape index (κ3) is 6.27. The molecule has 2 N–H and O–H groups in total. The fourth-order valence-electron chi connectivity index (χ4n) is 3.70. The summed E-state index contributed by atoms with van der Waals surface area (Å²) in [4.78, 5) is 18.5. The molecule has 1 unspecified atom stereocenters. The molecular weight excluding hydrogens is 368 g/mol. The number of nitrogens with one attached hydrogen (secondary N) is 2. The Labute approximate surface area is 173 Å². The van der Waals surface area contributed by atoms with Crippen molar-refractivity contribution in [2.24, 2.45) is 4.99 Å². The largest absolute Gasteiger partial charge is 0.493 e. The molecule has 0 bridgehead atoms. The number of carbonyl (C=O) groups excluding carboxylic acids is 1. The van der Waals surface area contributed by atoms with Gasteiger partial charge in [-0.3, -0.25) is 4.99 Å². The molecule has 0 saturated carbocycles. The number of hydrogen-bond donors (Lipinski definition) is 2. The van der Waals surface area contributed by atoms with Crippen LogP contribution in [-0.4, -0.2) is 61.9 Å². The van der Waals surface area contributed by atoms with E-state index in [0.717, 1.165) is 57.1 Å². The molecule has 7 heteroatoms. The first-order chi connectivity index (χ1) is 13.8. The predicted molar refractivity (Wildman–Crippen MR) is 115 cm³/mol. The molecule has 29 heavy (non-hydrogen) atoms. The van der Waals surface area contributed by atoms with Crippen molar-refractivity contribution in [2.45, 2.75) is 58.1 Å². The summed E-state index contributed by atoms with van der Waals surface area (Å²) in [5.74, 6) is 1.79. The summed E-state index contributed by atoms with van der Waals surface area (Å²) < 4.78 is 11.1. The molecule has 1 saturated heterocycles. The van der Waals surface area contributed by atoms with Gasteiger partial charge in [0.15, 0.2) is 5.96 Å². The number of benzene rings is 1. The summed E-state index contributed by atoms with van der Waals surface area (Å²) in [6, 6.07) is 6.60. The van der Waals surface area contributed by atoms with Crippen LogP contribution in [0.2, 0.25) is 0 Å². The molecule has 1 aromatic rings. The van der Waals surface area contributed by atoms with Crippen LogP contribution in [0.1, 0.15) is 44.7 Å². The van der Waals surface area contributed by atoms with Crippen LogP contribution in [0.4, 0.5) is 4.79 Å². The number of carbonyl (C=O) groups is 1. The van der Waals surface area contributed by atoms with Crippen molar-refractivity contribution in [1.29, 1.82) is 0 Å². The molecule has 2 aliphatic rings. The van der Waals surface area contributed by atoms with Crippen LogP contribution in [-0.2, 0) is 17.6 Å². The van der Waals surface area contributed by atoms with E-state index in [1.54, 1.807) is 11.9 Å². The van der Waals surface area contributed by atoms with Crippen LogP contribution in [0.15, 0.2) is 23.2 Å². The fourth-order valence-corrected chi connectivity index (χ4v) is 3.70. The van der Waals surface area contributed by atoms with Crippen LogP contribution in [0.3, 0.4) is 0 Å². The molecule has 0 spiro atoms. The summed E-state index contributed by atoms with van der Waals surface area (Å²) in [5, 5.41) is 6.84. The highest BCUT2D eigenvalue weighted by Crippen LogP contribution is 2.25. The molecule has 0 aliphatic carbocycles. The Bertz CT molecular complexity index is 742. The Morgan fingerprint density at radius 2 is 2.21 bits per heavy atom. The van der Waals surface area contributed by atoms with Crippen LogP contribution >= 0.6 is 0 Å². The molecule has 160 valence electrons. The number of fused-ring (bicyclic) bond motifs is 1. The van der Waals surface area contributed by atoms with Gasteiger partial charge in [-0.1, -0.05) is 12.1 Å². The molecule has 7 nitrogen and oxygen atoms in total. The molecule has 2 heterocycles. The van der Waals surface area contributed by atoms with E-state index in [1.165, 1.54) is 11.1 Å². The Balaban J connectivity index is 1.45. The number of nitrogens with zero attached hydrogens (tertiary/aromatic N) is 2. The van der Waals surface area contributed by atoms with Gasteiger partial charge in [-0.25, -0.2) is 4.79 Å². The van der Waals surface area contributed by atoms with Gasteiger partial charge in [-0.15, -0.1) is 0 Å². The Morgan fingerprint density at radius 3 is 2.97 bits per heavy atom. The minimum absolute atomic E-state index is 0.166. The predicted octanol–water partition coefficient (Wildman–Crippen LogP) is 2.73. The third-order valence-corrected chi connectivity index (χ3v) is 5.10.